The summed E-state index contributed by atoms with van der Waals surface area (Å²) in [5.74, 6) is 0.320. The van der Waals surface area contributed by atoms with Crippen molar-refractivity contribution in [2.24, 2.45) is 5.92 Å². The molecule has 1 aliphatic carbocycles. The van der Waals surface area contributed by atoms with Gasteiger partial charge in [0.05, 0.1) is 11.9 Å². The molecular formula is C17H31B6N5O4. The highest BCUT2D eigenvalue weighted by Crippen LogP contribution is 2.65. The van der Waals surface area contributed by atoms with E-state index >= 15 is 0 Å². The Balaban J connectivity index is 1.95. The van der Waals surface area contributed by atoms with Crippen LogP contribution >= 0.6 is 0 Å². The summed E-state index contributed by atoms with van der Waals surface area (Å²) in [7, 11) is 14.6. The third kappa shape index (κ3) is 3.63. The Kier molecular flexibility index (Phi) is 6.45. The number of aliphatic hydroxyl groups is 2. The van der Waals surface area contributed by atoms with Crippen molar-refractivity contribution in [3.63, 3.8) is 0 Å². The predicted octanol–water partition coefficient (Wildman–Crippen LogP) is -5.88. The zero-order chi connectivity index (χ0) is 24.1. The Morgan fingerprint density at radius 3 is 2.16 bits per heavy atom. The maximum Gasteiger partial charge on any atom is 0.161 e. The van der Waals surface area contributed by atoms with E-state index in [2.05, 4.69) is 15.1 Å². The number of anilines is 1. The van der Waals surface area contributed by atoms with Gasteiger partial charge in [0.15, 0.2) is 6.29 Å². The first-order valence-electron chi connectivity index (χ1n) is 10.8. The normalized spacial score (nSPS) is 28.8. The molecule has 2 unspecified atom stereocenters. The molecule has 1 saturated carbocycles. The summed E-state index contributed by atoms with van der Waals surface area (Å²) in [6, 6.07) is 0. The Bertz CT molecular complexity index is 956. The average Bonchev–Trinajstić information content (AvgIpc) is 3.20. The molecule has 0 bridgehead atoms. The van der Waals surface area contributed by atoms with Crippen LogP contribution < -0.4 is 5.73 Å². The number of nitrogens with zero attached hydrogens (tertiary/aromatic N) is 4. The number of nitrogens with two attached hydrogens (primary N) is 1. The molecule has 2 atom stereocenters. The lowest BCUT2D eigenvalue weighted by Crippen LogP contribution is -2.60. The molecule has 0 radical (unpaired) electrons. The van der Waals surface area contributed by atoms with Crippen molar-refractivity contribution in [3.8, 4) is 11.3 Å². The Labute approximate surface area is 194 Å². The van der Waals surface area contributed by atoms with Gasteiger partial charge in [-0.3, -0.25) is 4.68 Å². The molecule has 3 rings (SSSR count). The van der Waals surface area contributed by atoms with Gasteiger partial charge in [0.25, 0.3) is 0 Å². The Morgan fingerprint density at radius 2 is 1.62 bits per heavy atom. The molecule has 1 aliphatic rings. The zero-order valence-corrected chi connectivity index (χ0v) is 20.4. The van der Waals surface area contributed by atoms with Crippen molar-refractivity contribution in [2.45, 2.75) is 40.7 Å². The average molecular weight is 434 g/mol. The number of hydrogen-bond acceptors (Lipinski definition) is 8. The number of aromatic nitrogens is 4. The van der Waals surface area contributed by atoms with Crippen molar-refractivity contribution in [1.29, 1.82) is 0 Å². The second-order valence-electron chi connectivity index (χ2n) is 10.3. The fourth-order valence-electron chi connectivity index (χ4n) is 5.37. The molecule has 9 nitrogen and oxygen atoms in total. The van der Waals surface area contributed by atoms with Crippen LogP contribution in [0.15, 0.2) is 18.7 Å². The molecule has 166 valence electrons. The van der Waals surface area contributed by atoms with Crippen LogP contribution in [0.25, 0.3) is 11.3 Å². The van der Waals surface area contributed by atoms with Crippen LogP contribution in [-0.2, 0) is 22.4 Å². The summed E-state index contributed by atoms with van der Waals surface area (Å²) in [4.78, 5) is 8.56. The van der Waals surface area contributed by atoms with E-state index in [1.807, 2.05) is 42.3 Å². The molecule has 2 aromatic heterocycles. The van der Waals surface area contributed by atoms with E-state index in [0.29, 0.717) is 24.5 Å². The quantitative estimate of drug-likeness (QED) is 0.291. The van der Waals surface area contributed by atoms with E-state index in [1.165, 1.54) is 6.33 Å². The summed E-state index contributed by atoms with van der Waals surface area (Å²) < 4.78 is 12.5. The number of methoxy groups -OCH3 is 2. The van der Waals surface area contributed by atoms with Crippen LogP contribution in [-0.4, -0.2) is 109 Å². The van der Waals surface area contributed by atoms with Gasteiger partial charge in [-0.05, 0) is 5.92 Å². The summed E-state index contributed by atoms with van der Waals surface area (Å²) >= 11 is 0. The highest BCUT2D eigenvalue weighted by Gasteiger charge is 2.69. The zero-order valence-electron chi connectivity index (χ0n) is 20.4. The van der Waals surface area contributed by atoms with Gasteiger partial charge < -0.3 is 25.4 Å². The molecule has 4 N–H and O–H groups in total. The minimum Gasteiger partial charge on any atom is -0.398 e. The van der Waals surface area contributed by atoms with Gasteiger partial charge in [0.2, 0.25) is 0 Å². The van der Waals surface area contributed by atoms with Crippen molar-refractivity contribution in [2.75, 3.05) is 20.0 Å². The van der Waals surface area contributed by atoms with Crippen molar-refractivity contribution in [3.05, 3.63) is 24.3 Å². The van der Waals surface area contributed by atoms with E-state index in [4.69, 9.17) is 15.2 Å². The van der Waals surface area contributed by atoms with Crippen molar-refractivity contribution in [1.82, 2.24) is 19.7 Å². The molecule has 0 aromatic carbocycles. The summed E-state index contributed by atoms with van der Waals surface area (Å²) in [5.41, 5.74) is 5.80. The third-order valence-corrected chi connectivity index (χ3v) is 8.35. The number of rotatable bonds is 7. The fourth-order valence-corrected chi connectivity index (χ4v) is 5.37. The number of nitrogen functional groups attached to an aromatic ring is 1. The lowest BCUT2D eigenvalue weighted by Gasteiger charge is -2.45. The lowest BCUT2D eigenvalue weighted by atomic mass is 9.37. The van der Waals surface area contributed by atoms with E-state index < -0.39 is 27.7 Å². The molecule has 15 heteroatoms. The standard InChI is InChI=1S/C17H31B6N5O4/c1-31-11(32-2)3-9-12(25-7-26-13(9)24)8-4-27-28(5-8)6-10-14(18,19)16(22,29)17(23,30)15(10,20)21/h4-5,7,10-11,29-30H,3,6,18-23H2,1-2H3,(H2,24,25,26). The van der Waals surface area contributed by atoms with Gasteiger partial charge in [-0.2, -0.15) is 5.10 Å². The molecule has 2 aromatic rings. The highest BCUT2D eigenvalue weighted by atomic mass is 16.7. The molecule has 0 aliphatic heterocycles. The van der Waals surface area contributed by atoms with Gasteiger partial charge in [0.1, 0.15) is 59.2 Å². The van der Waals surface area contributed by atoms with Crippen LogP contribution in [0.2, 0.25) is 10.4 Å². The van der Waals surface area contributed by atoms with Crippen LogP contribution in [0.1, 0.15) is 5.56 Å². The second-order valence-corrected chi connectivity index (χ2v) is 10.3. The largest absolute Gasteiger partial charge is 0.398 e. The summed E-state index contributed by atoms with van der Waals surface area (Å²) in [5, 5.41) is 26.0. The molecule has 0 saturated heterocycles. The number of hydrogen-bond donors (Lipinski definition) is 3. The van der Waals surface area contributed by atoms with Gasteiger partial charge >= 0.3 is 0 Å². The minimum atomic E-state index is -1.27. The third-order valence-electron chi connectivity index (χ3n) is 8.35. The first-order valence-corrected chi connectivity index (χ1v) is 10.8. The monoisotopic (exact) mass is 435 g/mol. The first kappa shape index (κ1) is 25.0. The van der Waals surface area contributed by atoms with Crippen molar-refractivity contribution < 1.29 is 19.7 Å². The second kappa shape index (κ2) is 8.27. The van der Waals surface area contributed by atoms with Gasteiger partial charge in [-0.1, -0.05) is 10.4 Å². The van der Waals surface area contributed by atoms with Gasteiger partial charge in [-0.15, -0.1) is 0 Å². The summed E-state index contributed by atoms with van der Waals surface area (Å²) in [6.07, 6.45) is 5.01. The maximum atomic E-state index is 11.3. The van der Waals surface area contributed by atoms with Gasteiger partial charge in [0, 0.05) is 55.5 Å². The molecule has 2 heterocycles. The van der Waals surface area contributed by atoms with E-state index in [-0.39, 0.29) is 5.92 Å². The molecule has 0 spiro atoms. The first-order chi connectivity index (χ1) is 14.7. The topological polar surface area (TPSA) is 129 Å². The van der Waals surface area contributed by atoms with Crippen LogP contribution in [0.3, 0.4) is 0 Å². The van der Waals surface area contributed by atoms with Gasteiger partial charge in [-0.25, -0.2) is 9.97 Å². The lowest BCUT2D eigenvalue weighted by molar-refractivity contribution is -0.100. The highest BCUT2D eigenvalue weighted by molar-refractivity contribution is 6.54. The van der Waals surface area contributed by atoms with Crippen molar-refractivity contribution >= 4 is 52.9 Å². The van der Waals surface area contributed by atoms with Crippen LogP contribution in [0.5, 0.6) is 0 Å². The van der Waals surface area contributed by atoms with Crippen LogP contribution in [0.4, 0.5) is 5.82 Å². The van der Waals surface area contributed by atoms with E-state index in [9.17, 15) is 10.2 Å². The Hall–Kier alpha value is -1.68. The smallest absolute Gasteiger partial charge is 0.161 e. The minimum absolute atomic E-state index is 0.0472. The SMILES string of the molecule is BC1(B)C(Cn2cc(-c3ncnc(N)c3CC(OC)OC)cn2)C(B)(B)C(B)(O)C1(B)O. The van der Waals surface area contributed by atoms with Crippen LogP contribution in [0, 0.1) is 5.92 Å². The molecule has 0 amide bonds. The van der Waals surface area contributed by atoms with E-state index in [0.717, 1.165) is 11.1 Å². The maximum absolute atomic E-state index is 11.3. The molecule has 32 heavy (non-hydrogen) atoms. The molecular weight excluding hydrogens is 403 g/mol. The van der Waals surface area contributed by atoms with E-state index in [1.54, 1.807) is 36.1 Å². The number of ether oxygens (including phenoxy) is 2. The molecule has 1 fully saturated rings. The predicted molar refractivity (Wildman–Crippen MR) is 139 cm³/mol. The fraction of sp³-hybridized carbons (Fsp3) is 0.588. The summed E-state index contributed by atoms with van der Waals surface area (Å²) in [6.45, 7) is 0.529. The Morgan fingerprint density at radius 1 is 1.06 bits per heavy atom.